The quantitative estimate of drug-likeness (QED) is 0.766. The Morgan fingerprint density at radius 2 is 2.00 bits per heavy atom. The van der Waals surface area contributed by atoms with Crippen molar-refractivity contribution in [2.75, 3.05) is 4.72 Å². The van der Waals surface area contributed by atoms with Crippen LogP contribution in [0.3, 0.4) is 0 Å². The number of H-pyrrole nitrogens is 1. The Morgan fingerprint density at radius 1 is 1.33 bits per heavy atom. The fourth-order valence-electron chi connectivity index (χ4n) is 2.12. The van der Waals surface area contributed by atoms with E-state index in [2.05, 4.69) is 30.8 Å². The number of nitrogens with two attached hydrogens (primary N) is 1. The minimum absolute atomic E-state index is 0.0608. The van der Waals surface area contributed by atoms with E-state index in [1.807, 2.05) is 26.0 Å². The summed E-state index contributed by atoms with van der Waals surface area (Å²) in [6.45, 7) is 5.63. The SMILES string of the molecule is Cc1cc(C)c(NS(=O)(=O)c2n[nH]c(C)c2CN)c(Br)c1. The predicted molar refractivity (Wildman–Crippen MR) is 85.6 cm³/mol. The second kappa shape index (κ2) is 5.78. The van der Waals surface area contributed by atoms with Crippen LogP contribution in [0.25, 0.3) is 0 Å². The first kappa shape index (κ1) is 16.0. The number of sulfonamides is 1. The van der Waals surface area contributed by atoms with Crippen molar-refractivity contribution in [3.63, 3.8) is 0 Å². The maximum absolute atomic E-state index is 12.5. The summed E-state index contributed by atoms with van der Waals surface area (Å²) in [4.78, 5) is 0. The van der Waals surface area contributed by atoms with Gasteiger partial charge in [-0.15, -0.1) is 0 Å². The zero-order chi connectivity index (χ0) is 15.8. The van der Waals surface area contributed by atoms with Crippen LogP contribution in [-0.4, -0.2) is 18.6 Å². The van der Waals surface area contributed by atoms with Gasteiger partial charge in [0.15, 0.2) is 0 Å². The van der Waals surface area contributed by atoms with Crippen LogP contribution in [-0.2, 0) is 16.6 Å². The van der Waals surface area contributed by atoms with Gasteiger partial charge in [0.25, 0.3) is 10.0 Å². The molecule has 0 unspecified atom stereocenters. The highest BCUT2D eigenvalue weighted by Crippen LogP contribution is 2.30. The summed E-state index contributed by atoms with van der Waals surface area (Å²) in [5.41, 5.74) is 9.12. The van der Waals surface area contributed by atoms with Crippen molar-refractivity contribution in [1.82, 2.24) is 10.2 Å². The number of aromatic amines is 1. The monoisotopic (exact) mass is 372 g/mol. The van der Waals surface area contributed by atoms with Gasteiger partial charge in [-0.25, -0.2) is 0 Å². The first-order chi connectivity index (χ1) is 9.76. The number of nitrogens with zero attached hydrogens (tertiary/aromatic N) is 1. The number of hydrogen-bond acceptors (Lipinski definition) is 4. The van der Waals surface area contributed by atoms with E-state index in [-0.39, 0.29) is 11.6 Å². The van der Waals surface area contributed by atoms with Gasteiger partial charge >= 0.3 is 0 Å². The van der Waals surface area contributed by atoms with Crippen LogP contribution in [0.2, 0.25) is 0 Å². The molecule has 0 aliphatic heterocycles. The summed E-state index contributed by atoms with van der Waals surface area (Å²) in [6.07, 6.45) is 0. The Bertz CT molecular complexity index is 760. The van der Waals surface area contributed by atoms with Gasteiger partial charge in [0, 0.05) is 22.3 Å². The van der Waals surface area contributed by atoms with Gasteiger partial charge in [0.05, 0.1) is 5.69 Å². The van der Waals surface area contributed by atoms with E-state index < -0.39 is 10.0 Å². The number of halogens is 1. The standard InChI is InChI=1S/C13H17BrN4O2S/c1-7-4-8(2)12(11(14)5-7)18-21(19,20)13-10(6-15)9(3)16-17-13/h4-5,18H,6,15H2,1-3H3,(H,16,17). The number of aryl methyl sites for hydroxylation is 3. The molecule has 6 nitrogen and oxygen atoms in total. The Hall–Kier alpha value is -1.38. The third kappa shape index (κ3) is 3.12. The van der Waals surface area contributed by atoms with Gasteiger partial charge < -0.3 is 5.73 Å². The summed E-state index contributed by atoms with van der Waals surface area (Å²) < 4.78 is 28.3. The normalized spacial score (nSPS) is 11.7. The molecule has 1 aromatic carbocycles. The van der Waals surface area contributed by atoms with E-state index in [1.54, 1.807) is 6.92 Å². The third-order valence-electron chi connectivity index (χ3n) is 3.16. The van der Waals surface area contributed by atoms with Gasteiger partial charge in [0.2, 0.25) is 5.03 Å². The molecule has 0 atom stereocenters. The molecule has 2 rings (SSSR count). The molecule has 8 heteroatoms. The van der Waals surface area contributed by atoms with E-state index in [1.165, 1.54) is 0 Å². The van der Waals surface area contributed by atoms with Gasteiger partial charge in [0.1, 0.15) is 0 Å². The Morgan fingerprint density at radius 3 is 2.57 bits per heavy atom. The Labute approximate surface area is 132 Å². The van der Waals surface area contributed by atoms with E-state index in [0.717, 1.165) is 11.1 Å². The van der Waals surface area contributed by atoms with E-state index >= 15 is 0 Å². The highest BCUT2D eigenvalue weighted by atomic mass is 79.9. The molecular weight excluding hydrogens is 356 g/mol. The number of nitrogens with one attached hydrogen (secondary N) is 2. The number of hydrogen-bond donors (Lipinski definition) is 3. The van der Waals surface area contributed by atoms with Gasteiger partial charge in [-0.2, -0.15) is 13.5 Å². The van der Waals surface area contributed by atoms with Crippen molar-refractivity contribution in [2.24, 2.45) is 5.73 Å². The molecule has 0 amide bonds. The van der Waals surface area contributed by atoms with Crippen LogP contribution in [0.1, 0.15) is 22.4 Å². The molecule has 0 aliphatic carbocycles. The average molecular weight is 373 g/mol. The van der Waals surface area contributed by atoms with Crippen LogP contribution in [0.4, 0.5) is 5.69 Å². The molecule has 21 heavy (non-hydrogen) atoms. The molecule has 0 aliphatic rings. The van der Waals surface area contributed by atoms with Crippen LogP contribution >= 0.6 is 15.9 Å². The first-order valence-electron chi connectivity index (χ1n) is 6.29. The lowest BCUT2D eigenvalue weighted by Crippen LogP contribution is -2.17. The van der Waals surface area contributed by atoms with Crippen LogP contribution in [0, 0.1) is 20.8 Å². The molecule has 0 saturated carbocycles. The number of rotatable bonds is 4. The molecule has 114 valence electrons. The lowest BCUT2D eigenvalue weighted by atomic mass is 10.1. The molecular formula is C13H17BrN4O2S. The van der Waals surface area contributed by atoms with Crippen LogP contribution in [0.15, 0.2) is 21.6 Å². The van der Waals surface area contributed by atoms with Gasteiger partial charge in [-0.1, -0.05) is 6.07 Å². The maximum atomic E-state index is 12.5. The van der Waals surface area contributed by atoms with E-state index in [4.69, 9.17) is 5.73 Å². The molecule has 1 aromatic heterocycles. The highest BCUT2D eigenvalue weighted by molar-refractivity contribution is 9.10. The predicted octanol–water partition coefficient (Wildman–Crippen LogP) is 2.36. The first-order valence-corrected chi connectivity index (χ1v) is 8.57. The highest BCUT2D eigenvalue weighted by Gasteiger charge is 2.24. The third-order valence-corrected chi connectivity index (χ3v) is 5.11. The van der Waals surface area contributed by atoms with Gasteiger partial charge in [-0.3, -0.25) is 9.82 Å². The fraction of sp³-hybridized carbons (Fsp3) is 0.308. The van der Waals surface area contributed by atoms with Crippen molar-refractivity contribution in [3.05, 3.63) is 39.0 Å². The Balaban J connectivity index is 2.47. The maximum Gasteiger partial charge on any atom is 0.281 e. The fourth-order valence-corrected chi connectivity index (χ4v) is 4.39. The second-order valence-corrected chi connectivity index (χ2v) is 7.33. The molecule has 0 saturated heterocycles. The lowest BCUT2D eigenvalue weighted by Gasteiger charge is -2.13. The Kier molecular flexibility index (Phi) is 4.40. The summed E-state index contributed by atoms with van der Waals surface area (Å²) in [6, 6.07) is 3.76. The molecule has 4 N–H and O–H groups in total. The minimum Gasteiger partial charge on any atom is -0.326 e. The lowest BCUT2D eigenvalue weighted by molar-refractivity contribution is 0.595. The molecule has 1 heterocycles. The van der Waals surface area contributed by atoms with Crippen molar-refractivity contribution in [2.45, 2.75) is 32.3 Å². The zero-order valence-corrected chi connectivity index (χ0v) is 14.4. The molecule has 0 fully saturated rings. The summed E-state index contributed by atoms with van der Waals surface area (Å²) in [5, 5.41) is 6.46. The molecule has 2 aromatic rings. The van der Waals surface area contributed by atoms with Crippen molar-refractivity contribution < 1.29 is 8.42 Å². The summed E-state index contributed by atoms with van der Waals surface area (Å²) >= 11 is 3.38. The van der Waals surface area contributed by atoms with Crippen molar-refractivity contribution >= 4 is 31.6 Å². The summed E-state index contributed by atoms with van der Waals surface area (Å²) in [7, 11) is -3.80. The molecule has 0 spiro atoms. The van der Waals surface area contributed by atoms with Crippen molar-refractivity contribution in [3.8, 4) is 0 Å². The van der Waals surface area contributed by atoms with Crippen LogP contribution < -0.4 is 10.5 Å². The van der Waals surface area contributed by atoms with E-state index in [0.29, 0.717) is 21.4 Å². The number of benzene rings is 1. The second-order valence-electron chi connectivity index (χ2n) is 4.88. The smallest absolute Gasteiger partial charge is 0.281 e. The summed E-state index contributed by atoms with van der Waals surface area (Å²) in [5.74, 6) is 0. The van der Waals surface area contributed by atoms with Gasteiger partial charge in [-0.05, 0) is 53.9 Å². The largest absolute Gasteiger partial charge is 0.326 e. The molecule has 0 bridgehead atoms. The average Bonchev–Trinajstić information content (AvgIpc) is 2.75. The molecule has 0 radical (unpaired) electrons. The topological polar surface area (TPSA) is 101 Å². The van der Waals surface area contributed by atoms with Crippen molar-refractivity contribution in [1.29, 1.82) is 0 Å². The number of aromatic nitrogens is 2. The minimum atomic E-state index is -3.80. The number of anilines is 1. The van der Waals surface area contributed by atoms with E-state index in [9.17, 15) is 8.42 Å². The zero-order valence-electron chi connectivity index (χ0n) is 12.0. The van der Waals surface area contributed by atoms with Crippen LogP contribution in [0.5, 0.6) is 0 Å².